The third kappa shape index (κ3) is 2.18. The highest BCUT2D eigenvalue weighted by molar-refractivity contribution is 5.94. The Morgan fingerprint density at radius 3 is 1.38 bits per heavy atom. The van der Waals surface area contributed by atoms with E-state index >= 15 is 0 Å². The van der Waals surface area contributed by atoms with Gasteiger partial charge in [-0.25, -0.2) is 9.59 Å². The molecule has 0 spiro atoms. The van der Waals surface area contributed by atoms with E-state index in [9.17, 15) is 9.59 Å². The molecule has 0 unspecified atom stereocenters. The molecule has 6 nitrogen and oxygen atoms in total. The standard InChI is InChI=1S/C10H10O6/c11-3-5-1-7(9(13)14)6(4-12)2-8(5)10(15)16/h1-2,11-12H,3-4H2,(H,13,14)(H,15,16). The van der Waals surface area contributed by atoms with Gasteiger partial charge in [0.15, 0.2) is 0 Å². The predicted molar refractivity (Wildman–Crippen MR) is 52.2 cm³/mol. The normalized spacial score (nSPS) is 10.1. The third-order valence-corrected chi connectivity index (χ3v) is 2.13. The van der Waals surface area contributed by atoms with Gasteiger partial charge in [0.2, 0.25) is 0 Å². The van der Waals surface area contributed by atoms with Gasteiger partial charge in [0, 0.05) is 0 Å². The minimum absolute atomic E-state index is 0.00194. The molecule has 0 saturated heterocycles. The number of aliphatic hydroxyl groups excluding tert-OH is 2. The summed E-state index contributed by atoms with van der Waals surface area (Å²) in [6.45, 7) is -1.15. The highest BCUT2D eigenvalue weighted by Gasteiger charge is 2.17. The van der Waals surface area contributed by atoms with Gasteiger partial charge in [-0.05, 0) is 23.3 Å². The van der Waals surface area contributed by atoms with Crippen molar-refractivity contribution >= 4 is 11.9 Å². The summed E-state index contributed by atoms with van der Waals surface area (Å²) in [6.07, 6.45) is 0. The summed E-state index contributed by atoms with van der Waals surface area (Å²) in [4.78, 5) is 21.6. The molecule has 0 atom stereocenters. The average Bonchev–Trinajstić information content (AvgIpc) is 2.26. The third-order valence-electron chi connectivity index (χ3n) is 2.13. The van der Waals surface area contributed by atoms with E-state index in [1.807, 2.05) is 0 Å². The second kappa shape index (κ2) is 4.73. The number of aromatic carboxylic acids is 2. The van der Waals surface area contributed by atoms with Crippen molar-refractivity contribution in [1.29, 1.82) is 0 Å². The van der Waals surface area contributed by atoms with Crippen LogP contribution in [0.3, 0.4) is 0 Å². The highest BCUT2D eigenvalue weighted by atomic mass is 16.4. The number of benzene rings is 1. The average molecular weight is 226 g/mol. The van der Waals surface area contributed by atoms with E-state index in [-0.39, 0.29) is 22.3 Å². The molecule has 0 saturated carbocycles. The topological polar surface area (TPSA) is 115 Å². The van der Waals surface area contributed by atoms with Crippen molar-refractivity contribution in [3.8, 4) is 0 Å². The van der Waals surface area contributed by atoms with E-state index in [0.717, 1.165) is 12.1 Å². The van der Waals surface area contributed by atoms with E-state index in [2.05, 4.69) is 0 Å². The van der Waals surface area contributed by atoms with Gasteiger partial charge < -0.3 is 20.4 Å². The molecule has 1 aromatic carbocycles. The molecule has 1 rings (SSSR count). The predicted octanol–water partition coefficient (Wildman–Crippen LogP) is 0.0676. The highest BCUT2D eigenvalue weighted by Crippen LogP contribution is 2.18. The lowest BCUT2D eigenvalue weighted by molar-refractivity contribution is 0.0675. The molecule has 0 bridgehead atoms. The van der Waals surface area contributed by atoms with Gasteiger partial charge in [-0.2, -0.15) is 0 Å². The van der Waals surface area contributed by atoms with Crippen molar-refractivity contribution in [1.82, 2.24) is 0 Å². The van der Waals surface area contributed by atoms with Crippen LogP contribution in [0, 0.1) is 0 Å². The number of hydrogen-bond acceptors (Lipinski definition) is 4. The molecule has 16 heavy (non-hydrogen) atoms. The van der Waals surface area contributed by atoms with Crippen LogP contribution >= 0.6 is 0 Å². The zero-order valence-electron chi connectivity index (χ0n) is 8.17. The molecule has 0 fully saturated rings. The van der Waals surface area contributed by atoms with E-state index in [1.165, 1.54) is 0 Å². The van der Waals surface area contributed by atoms with E-state index in [0.29, 0.717) is 0 Å². The number of carboxylic acids is 2. The van der Waals surface area contributed by atoms with Gasteiger partial charge >= 0.3 is 11.9 Å². The minimum atomic E-state index is -1.28. The molecule has 0 amide bonds. The zero-order chi connectivity index (χ0) is 12.3. The number of carbonyl (C=O) groups is 2. The first-order valence-corrected chi connectivity index (χ1v) is 4.35. The van der Waals surface area contributed by atoms with E-state index in [4.69, 9.17) is 20.4 Å². The Balaban J connectivity index is 3.46. The van der Waals surface area contributed by atoms with Gasteiger partial charge in [-0.1, -0.05) is 0 Å². The fraction of sp³-hybridized carbons (Fsp3) is 0.200. The minimum Gasteiger partial charge on any atom is -0.478 e. The van der Waals surface area contributed by atoms with Crippen LogP contribution in [0.4, 0.5) is 0 Å². The SMILES string of the molecule is O=C(O)c1cc(CO)c(C(=O)O)cc1CO. The lowest BCUT2D eigenvalue weighted by atomic mass is 9.99. The molecule has 0 heterocycles. The summed E-state index contributed by atoms with van der Waals surface area (Å²) < 4.78 is 0. The maximum absolute atomic E-state index is 10.8. The fourth-order valence-electron chi connectivity index (χ4n) is 1.35. The molecule has 4 N–H and O–H groups in total. The van der Waals surface area contributed by atoms with Gasteiger partial charge in [-0.3, -0.25) is 0 Å². The van der Waals surface area contributed by atoms with Crippen LogP contribution in [0.2, 0.25) is 0 Å². The Labute approximate surface area is 90.4 Å². The largest absolute Gasteiger partial charge is 0.478 e. The van der Waals surface area contributed by atoms with E-state index < -0.39 is 25.2 Å². The van der Waals surface area contributed by atoms with Crippen molar-refractivity contribution < 1.29 is 30.0 Å². The Hall–Kier alpha value is -1.92. The molecule has 86 valence electrons. The first kappa shape index (κ1) is 12.2. The Morgan fingerprint density at radius 2 is 1.19 bits per heavy atom. The summed E-state index contributed by atoms with van der Waals surface area (Å²) >= 11 is 0. The number of rotatable bonds is 4. The summed E-state index contributed by atoms with van der Waals surface area (Å²) in [5, 5.41) is 35.4. The van der Waals surface area contributed by atoms with Crippen LogP contribution in [0.15, 0.2) is 12.1 Å². The van der Waals surface area contributed by atoms with Crippen LogP contribution in [0.25, 0.3) is 0 Å². The smallest absolute Gasteiger partial charge is 0.336 e. The van der Waals surface area contributed by atoms with Crippen molar-refractivity contribution in [2.24, 2.45) is 0 Å². The number of aliphatic hydroxyl groups is 2. The molecular weight excluding hydrogens is 216 g/mol. The van der Waals surface area contributed by atoms with Gasteiger partial charge in [0.25, 0.3) is 0 Å². The summed E-state index contributed by atoms with van der Waals surface area (Å²) in [5.41, 5.74) is -0.419. The second-order valence-electron chi connectivity index (χ2n) is 3.09. The maximum atomic E-state index is 10.8. The number of hydrogen-bond donors (Lipinski definition) is 4. The lowest BCUT2D eigenvalue weighted by Crippen LogP contribution is -2.10. The molecule has 0 aromatic heterocycles. The van der Waals surface area contributed by atoms with Crippen LogP contribution in [0.5, 0.6) is 0 Å². The summed E-state index contributed by atoms with van der Waals surface area (Å²) in [6, 6.07) is 2.11. The van der Waals surface area contributed by atoms with Gasteiger partial charge in [-0.15, -0.1) is 0 Å². The Morgan fingerprint density at radius 1 is 0.875 bits per heavy atom. The van der Waals surface area contributed by atoms with Crippen LogP contribution < -0.4 is 0 Å². The quantitative estimate of drug-likeness (QED) is 0.577. The van der Waals surface area contributed by atoms with Crippen LogP contribution in [0.1, 0.15) is 31.8 Å². The lowest BCUT2D eigenvalue weighted by Gasteiger charge is -2.08. The summed E-state index contributed by atoms with van der Waals surface area (Å²) in [7, 11) is 0. The molecule has 0 aliphatic heterocycles. The van der Waals surface area contributed by atoms with Crippen molar-refractivity contribution in [2.45, 2.75) is 13.2 Å². The molecule has 0 aliphatic rings. The monoisotopic (exact) mass is 226 g/mol. The fourth-order valence-corrected chi connectivity index (χ4v) is 1.35. The molecule has 6 heteroatoms. The molecular formula is C10H10O6. The maximum Gasteiger partial charge on any atom is 0.336 e. The van der Waals surface area contributed by atoms with E-state index in [1.54, 1.807) is 0 Å². The Kier molecular flexibility index (Phi) is 3.60. The second-order valence-corrected chi connectivity index (χ2v) is 3.09. The van der Waals surface area contributed by atoms with Crippen molar-refractivity contribution in [2.75, 3.05) is 0 Å². The molecule has 1 aromatic rings. The molecule has 0 radical (unpaired) electrons. The van der Waals surface area contributed by atoms with Crippen LogP contribution in [-0.4, -0.2) is 32.4 Å². The van der Waals surface area contributed by atoms with Crippen LogP contribution in [-0.2, 0) is 13.2 Å². The first-order valence-electron chi connectivity index (χ1n) is 4.35. The van der Waals surface area contributed by atoms with Crippen molar-refractivity contribution in [3.63, 3.8) is 0 Å². The van der Waals surface area contributed by atoms with Gasteiger partial charge in [0.05, 0.1) is 24.3 Å². The molecule has 0 aliphatic carbocycles. The first-order chi connectivity index (χ1) is 7.51. The zero-order valence-corrected chi connectivity index (χ0v) is 8.17. The Bertz CT molecular complexity index is 395. The van der Waals surface area contributed by atoms with Crippen molar-refractivity contribution in [3.05, 3.63) is 34.4 Å². The van der Waals surface area contributed by atoms with Gasteiger partial charge in [0.1, 0.15) is 0 Å². The summed E-state index contributed by atoms with van der Waals surface area (Å²) in [5.74, 6) is -2.56. The number of carboxylic acid groups (broad SMARTS) is 2.